The molecule has 1 aromatic heterocycles. The first-order chi connectivity index (χ1) is 14.4. The minimum atomic E-state index is -0.721. The maximum Gasteiger partial charge on any atom is 0.269 e. The lowest BCUT2D eigenvalue weighted by Crippen LogP contribution is -2.31. The number of non-ortho nitro benzene ring substituents is 1. The van der Waals surface area contributed by atoms with Crippen LogP contribution in [0.3, 0.4) is 0 Å². The van der Waals surface area contributed by atoms with E-state index in [2.05, 4.69) is 26.2 Å². The molecule has 0 saturated heterocycles. The molecule has 10 heteroatoms. The molecular formula is C20H19N7O3. The van der Waals surface area contributed by atoms with Gasteiger partial charge in [-0.05, 0) is 54.0 Å². The average molecular weight is 405 g/mol. The number of amides is 1. The fourth-order valence-electron chi connectivity index (χ4n) is 3.50. The summed E-state index contributed by atoms with van der Waals surface area (Å²) in [4.78, 5) is 24.2. The molecule has 0 aliphatic carbocycles. The number of benzene rings is 2. The molecule has 10 nitrogen and oxygen atoms in total. The molecule has 1 aliphatic heterocycles. The van der Waals surface area contributed by atoms with E-state index in [1.807, 2.05) is 32.0 Å². The fourth-order valence-corrected chi connectivity index (χ4v) is 3.50. The standard InChI is InChI=1S/C20H19N7O3/c1-11-6-4-9-16(12(11)2)22-19(28)17-13(3)21-20-23-24-25-26(20)18(17)14-7-5-8-15(10-14)27(29)30/h4-10,18H,1-3H3,(H,22,28)(H,21,23,25). The van der Waals surface area contributed by atoms with Gasteiger partial charge in [0.2, 0.25) is 5.95 Å². The highest BCUT2D eigenvalue weighted by atomic mass is 16.6. The third kappa shape index (κ3) is 3.28. The molecule has 2 aromatic carbocycles. The number of aryl methyl sites for hydroxylation is 1. The minimum Gasteiger partial charge on any atom is -0.326 e. The molecule has 0 radical (unpaired) electrons. The van der Waals surface area contributed by atoms with E-state index in [0.29, 0.717) is 28.5 Å². The molecule has 1 unspecified atom stereocenters. The summed E-state index contributed by atoms with van der Waals surface area (Å²) in [5.74, 6) is 0.0126. The van der Waals surface area contributed by atoms with Crippen LogP contribution in [0.15, 0.2) is 53.7 Å². The Hall–Kier alpha value is -4.08. The summed E-state index contributed by atoms with van der Waals surface area (Å²) in [6.45, 7) is 5.65. The molecule has 0 fully saturated rings. The van der Waals surface area contributed by atoms with Crippen LogP contribution in [0.5, 0.6) is 0 Å². The van der Waals surface area contributed by atoms with Crippen LogP contribution in [0.1, 0.15) is 29.7 Å². The quantitative estimate of drug-likeness (QED) is 0.504. The van der Waals surface area contributed by atoms with E-state index in [1.54, 1.807) is 19.1 Å². The van der Waals surface area contributed by atoms with Crippen LogP contribution >= 0.6 is 0 Å². The Balaban J connectivity index is 1.80. The second kappa shape index (κ2) is 7.39. The number of carbonyl (C=O) groups excluding carboxylic acids is 1. The Morgan fingerprint density at radius 2 is 1.97 bits per heavy atom. The van der Waals surface area contributed by atoms with E-state index >= 15 is 0 Å². The molecule has 1 amide bonds. The number of allylic oxidation sites excluding steroid dienone is 1. The van der Waals surface area contributed by atoms with E-state index in [9.17, 15) is 14.9 Å². The van der Waals surface area contributed by atoms with Gasteiger partial charge in [0.05, 0.1) is 10.5 Å². The Morgan fingerprint density at radius 3 is 2.73 bits per heavy atom. The van der Waals surface area contributed by atoms with E-state index in [4.69, 9.17) is 0 Å². The topological polar surface area (TPSA) is 128 Å². The highest BCUT2D eigenvalue weighted by Gasteiger charge is 2.34. The summed E-state index contributed by atoms with van der Waals surface area (Å²) >= 11 is 0. The SMILES string of the molecule is CC1=C(C(=O)Nc2cccc(C)c2C)C(c2cccc([N+](=O)[O-])c2)n2nnnc2N1. The molecule has 0 bridgehead atoms. The maximum absolute atomic E-state index is 13.4. The molecule has 152 valence electrons. The van der Waals surface area contributed by atoms with Gasteiger partial charge in [-0.3, -0.25) is 14.9 Å². The van der Waals surface area contributed by atoms with Gasteiger partial charge in [0.1, 0.15) is 6.04 Å². The van der Waals surface area contributed by atoms with E-state index < -0.39 is 11.0 Å². The summed E-state index contributed by atoms with van der Waals surface area (Å²) in [7, 11) is 0. The number of carbonyl (C=O) groups is 1. The van der Waals surface area contributed by atoms with Gasteiger partial charge in [-0.1, -0.05) is 29.4 Å². The van der Waals surface area contributed by atoms with Gasteiger partial charge in [0.25, 0.3) is 11.6 Å². The van der Waals surface area contributed by atoms with Crippen molar-refractivity contribution in [1.82, 2.24) is 20.2 Å². The van der Waals surface area contributed by atoms with Gasteiger partial charge in [-0.2, -0.15) is 4.68 Å². The number of fused-ring (bicyclic) bond motifs is 1. The number of tetrazole rings is 1. The number of nitro benzene ring substituents is 1. The lowest BCUT2D eigenvalue weighted by molar-refractivity contribution is -0.384. The number of aromatic nitrogens is 4. The van der Waals surface area contributed by atoms with Crippen LogP contribution in [-0.2, 0) is 4.79 Å². The van der Waals surface area contributed by atoms with Crippen LogP contribution < -0.4 is 10.6 Å². The van der Waals surface area contributed by atoms with Crippen molar-refractivity contribution in [3.8, 4) is 0 Å². The molecule has 1 aliphatic rings. The van der Waals surface area contributed by atoms with Gasteiger partial charge in [-0.15, -0.1) is 0 Å². The van der Waals surface area contributed by atoms with Crippen LogP contribution in [0.25, 0.3) is 0 Å². The van der Waals surface area contributed by atoms with Crippen LogP contribution in [-0.4, -0.2) is 31.0 Å². The van der Waals surface area contributed by atoms with Crippen molar-refractivity contribution in [2.24, 2.45) is 0 Å². The lowest BCUT2D eigenvalue weighted by Gasteiger charge is -2.28. The van der Waals surface area contributed by atoms with Crippen molar-refractivity contribution in [1.29, 1.82) is 0 Å². The van der Waals surface area contributed by atoms with E-state index in [1.165, 1.54) is 16.8 Å². The Bertz CT molecular complexity index is 1200. The molecule has 30 heavy (non-hydrogen) atoms. The summed E-state index contributed by atoms with van der Waals surface area (Å²) in [6, 6.07) is 11.1. The van der Waals surface area contributed by atoms with Gasteiger partial charge >= 0.3 is 0 Å². The number of rotatable bonds is 4. The van der Waals surface area contributed by atoms with Gasteiger partial charge < -0.3 is 10.6 Å². The second-order valence-corrected chi connectivity index (χ2v) is 7.07. The molecule has 2 N–H and O–H groups in total. The van der Waals surface area contributed by atoms with Crippen molar-refractivity contribution < 1.29 is 9.72 Å². The van der Waals surface area contributed by atoms with Crippen molar-refractivity contribution in [2.75, 3.05) is 10.6 Å². The van der Waals surface area contributed by atoms with Crippen molar-refractivity contribution in [3.63, 3.8) is 0 Å². The number of nitrogens with zero attached hydrogens (tertiary/aromatic N) is 5. The average Bonchev–Trinajstić information content (AvgIpc) is 3.18. The Labute approximate surface area is 171 Å². The number of nitro groups is 1. The third-order valence-electron chi connectivity index (χ3n) is 5.21. The molecule has 2 heterocycles. The summed E-state index contributed by atoms with van der Waals surface area (Å²) < 4.78 is 1.45. The predicted octanol–water partition coefficient (Wildman–Crippen LogP) is 3.13. The number of hydrogen-bond donors (Lipinski definition) is 2. The first kappa shape index (κ1) is 19.2. The first-order valence-corrected chi connectivity index (χ1v) is 9.24. The summed E-state index contributed by atoms with van der Waals surface area (Å²) in [6.07, 6.45) is 0. The van der Waals surface area contributed by atoms with Gasteiger partial charge in [-0.25, -0.2) is 0 Å². The second-order valence-electron chi connectivity index (χ2n) is 7.07. The summed E-state index contributed by atoms with van der Waals surface area (Å²) in [5.41, 5.74) is 4.10. The molecule has 0 saturated carbocycles. The predicted molar refractivity (Wildman–Crippen MR) is 110 cm³/mol. The fraction of sp³-hybridized carbons (Fsp3) is 0.200. The third-order valence-corrected chi connectivity index (χ3v) is 5.21. The van der Waals surface area contributed by atoms with Crippen LogP contribution in [0.2, 0.25) is 0 Å². The zero-order valence-corrected chi connectivity index (χ0v) is 16.6. The van der Waals surface area contributed by atoms with Crippen molar-refractivity contribution in [3.05, 3.63) is 80.5 Å². The molecule has 4 rings (SSSR count). The Morgan fingerprint density at radius 1 is 1.20 bits per heavy atom. The number of nitrogens with one attached hydrogen (secondary N) is 2. The van der Waals surface area contributed by atoms with Crippen molar-refractivity contribution >= 4 is 23.2 Å². The number of hydrogen-bond acceptors (Lipinski definition) is 7. The largest absolute Gasteiger partial charge is 0.326 e. The summed E-state index contributed by atoms with van der Waals surface area (Å²) in [5, 5.41) is 28.9. The zero-order valence-electron chi connectivity index (χ0n) is 16.6. The smallest absolute Gasteiger partial charge is 0.269 e. The normalized spacial score (nSPS) is 15.4. The highest BCUT2D eigenvalue weighted by Crippen LogP contribution is 2.36. The van der Waals surface area contributed by atoms with Gasteiger partial charge in [0.15, 0.2) is 0 Å². The molecule has 0 spiro atoms. The molecule has 1 atom stereocenters. The van der Waals surface area contributed by atoms with Crippen molar-refractivity contribution in [2.45, 2.75) is 26.8 Å². The molecular weight excluding hydrogens is 386 g/mol. The first-order valence-electron chi connectivity index (χ1n) is 9.24. The number of anilines is 2. The molecule has 3 aromatic rings. The lowest BCUT2D eigenvalue weighted by atomic mass is 9.94. The minimum absolute atomic E-state index is 0.0763. The monoisotopic (exact) mass is 405 g/mol. The van der Waals surface area contributed by atoms with Gasteiger partial charge in [0, 0.05) is 23.5 Å². The van der Waals surface area contributed by atoms with E-state index in [-0.39, 0.29) is 11.6 Å². The van der Waals surface area contributed by atoms with Crippen LogP contribution in [0.4, 0.5) is 17.3 Å². The maximum atomic E-state index is 13.4. The highest BCUT2D eigenvalue weighted by molar-refractivity contribution is 6.06. The zero-order chi connectivity index (χ0) is 21.4. The van der Waals surface area contributed by atoms with E-state index in [0.717, 1.165) is 11.1 Å². The van der Waals surface area contributed by atoms with Crippen LogP contribution in [0, 0.1) is 24.0 Å². The Kier molecular flexibility index (Phi) is 4.74.